The SMILES string of the molecule is Cl.Clc1cc(CNC2CCCCCCC2)ccc1OCc1ccccc1. The first-order valence-corrected chi connectivity index (χ1v) is 9.87. The van der Waals surface area contributed by atoms with Crippen LogP contribution < -0.4 is 10.1 Å². The Hall–Kier alpha value is -1.22. The molecule has 0 saturated heterocycles. The Morgan fingerprint density at radius 2 is 1.58 bits per heavy atom. The fourth-order valence-electron chi connectivity index (χ4n) is 3.43. The molecule has 2 nitrogen and oxygen atoms in total. The summed E-state index contributed by atoms with van der Waals surface area (Å²) >= 11 is 6.41. The molecule has 4 heteroatoms. The summed E-state index contributed by atoms with van der Waals surface area (Å²) in [5.74, 6) is 0.750. The Bertz CT molecular complexity index is 640. The van der Waals surface area contributed by atoms with Crippen LogP contribution in [-0.2, 0) is 13.2 Å². The minimum absolute atomic E-state index is 0. The zero-order valence-electron chi connectivity index (χ0n) is 15.3. The van der Waals surface area contributed by atoms with Gasteiger partial charge in [-0.2, -0.15) is 0 Å². The maximum atomic E-state index is 6.41. The molecule has 0 aliphatic heterocycles. The van der Waals surface area contributed by atoms with E-state index in [9.17, 15) is 0 Å². The lowest BCUT2D eigenvalue weighted by Crippen LogP contribution is -2.29. The first-order chi connectivity index (χ1) is 12.3. The third-order valence-corrected chi connectivity index (χ3v) is 5.23. The van der Waals surface area contributed by atoms with Gasteiger partial charge in [-0.25, -0.2) is 0 Å². The summed E-state index contributed by atoms with van der Waals surface area (Å²) in [6.07, 6.45) is 9.48. The van der Waals surface area contributed by atoms with E-state index in [-0.39, 0.29) is 12.4 Å². The van der Waals surface area contributed by atoms with Gasteiger partial charge < -0.3 is 10.1 Å². The van der Waals surface area contributed by atoms with Crippen LogP contribution in [0.2, 0.25) is 5.02 Å². The summed E-state index contributed by atoms with van der Waals surface area (Å²) in [5.41, 5.74) is 2.37. The van der Waals surface area contributed by atoms with Crippen LogP contribution in [0.1, 0.15) is 56.1 Å². The second-order valence-corrected chi connectivity index (χ2v) is 7.37. The maximum Gasteiger partial charge on any atom is 0.138 e. The Kier molecular flexibility index (Phi) is 9.31. The molecule has 0 unspecified atom stereocenters. The fraction of sp³-hybridized carbons (Fsp3) is 0.455. The Balaban J connectivity index is 0.00000243. The number of hydrogen-bond donors (Lipinski definition) is 1. The summed E-state index contributed by atoms with van der Waals surface area (Å²) in [6.45, 7) is 1.42. The van der Waals surface area contributed by atoms with E-state index in [1.54, 1.807) is 0 Å². The number of halogens is 2. The van der Waals surface area contributed by atoms with Gasteiger partial charge in [0.05, 0.1) is 5.02 Å². The third-order valence-electron chi connectivity index (χ3n) is 4.93. The largest absolute Gasteiger partial charge is 0.487 e. The van der Waals surface area contributed by atoms with Crippen LogP contribution in [-0.4, -0.2) is 6.04 Å². The number of nitrogens with one attached hydrogen (secondary N) is 1. The molecule has 0 bridgehead atoms. The predicted molar refractivity (Wildman–Crippen MR) is 112 cm³/mol. The normalized spacial score (nSPS) is 15.6. The van der Waals surface area contributed by atoms with Crippen LogP contribution in [0.4, 0.5) is 0 Å². The molecule has 0 heterocycles. The van der Waals surface area contributed by atoms with Crippen molar-refractivity contribution in [3.8, 4) is 5.75 Å². The van der Waals surface area contributed by atoms with Crippen LogP contribution in [0.5, 0.6) is 5.75 Å². The lowest BCUT2D eigenvalue weighted by Gasteiger charge is -2.21. The smallest absolute Gasteiger partial charge is 0.138 e. The number of hydrogen-bond acceptors (Lipinski definition) is 2. The van der Waals surface area contributed by atoms with Crippen molar-refractivity contribution in [2.45, 2.75) is 64.1 Å². The minimum atomic E-state index is 0. The molecule has 1 N–H and O–H groups in total. The molecule has 1 fully saturated rings. The zero-order valence-corrected chi connectivity index (χ0v) is 16.8. The average molecular weight is 394 g/mol. The van der Waals surface area contributed by atoms with E-state index in [1.165, 1.54) is 50.5 Å². The van der Waals surface area contributed by atoms with Crippen molar-refractivity contribution in [1.29, 1.82) is 0 Å². The topological polar surface area (TPSA) is 21.3 Å². The molecule has 2 aromatic carbocycles. The minimum Gasteiger partial charge on any atom is -0.487 e. The van der Waals surface area contributed by atoms with Gasteiger partial charge in [0, 0.05) is 12.6 Å². The van der Waals surface area contributed by atoms with Crippen LogP contribution in [0, 0.1) is 0 Å². The van der Waals surface area contributed by atoms with Gasteiger partial charge in [-0.1, -0.05) is 80.1 Å². The van der Waals surface area contributed by atoms with E-state index in [1.807, 2.05) is 30.3 Å². The summed E-state index contributed by atoms with van der Waals surface area (Å²) in [7, 11) is 0. The zero-order chi connectivity index (χ0) is 17.3. The van der Waals surface area contributed by atoms with Crippen molar-refractivity contribution >= 4 is 24.0 Å². The number of benzene rings is 2. The van der Waals surface area contributed by atoms with Gasteiger partial charge in [0.15, 0.2) is 0 Å². The molecule has 1 saturated carbocycles. The summed E-state index contributed by atoms with van der Waals surface area (Å²) in [6, 6.07) is 16.9. The third kappa shape index (κ3) is 6.83. The van der Waals surface area contributed by atoms with Crippen LogP contribution >= 0.6 is 24.0 Å². The van der Waals surface area contributed by atoms with Crippen LogP contribution in [0.3, 0.4) is 0 Å². The highest BCUT2D eigenvalue weighted by Crippen LogP contribution is 2.26. The van der Waals surface area contributed by atoms with Crippen molar-refractivity contribution in [2.24, 2.45) is 0 Å². The molecule has 0 aromatic heterocycles. The molecule has 3 rings (SSSR count). The second kappa shape index (κ2) is 11.5. The van der Waals surface area contributed by atoms with Gasteiger partial charge in [-0.3, -0.25) is 0 Å². The molecule has 2 aromatic rings. The van der Waals surface area contributed by atoms with Gasteiger partial charge in [0.2, 0.25) is 0 Å². The van der Waals surface area contributed by atoms with Crippen molar-refractivity contribution < 1.29 is 4.74 Å². The average Bonchev–Trinajstić information content (AvgIpc) is 2.61. The second-order valence-electron chi connectivity index (χ2n) is 6.96. The van der Waals surface area contributed by atoms with E-state index in [2.05, 4.69) is 23.5 Å². The molecule has 26 heavy (non-hydrogen) atoms. The van der Waals surface area contributed by atoms with Gasteiger partial charge >= 0.3 is 0 Å². The predicted octanol–water partition coefficient (Wildman–Crippen LogP) is 6.54. The molecule has 0 radical (unpaired) electrons. The van der Waals surface area contributed by atoms with E-state index >= 15 is 0 Å². The highest BCUT2D eigenvalue weighted by molar-refractivity contribution is 6.32. The maximum absolute atomic E-state index is 6.41. The lowest BCUT2D eigenvalue weighted by atomic mass is 9.96. The van der Waals surface area contributed by atoms with E-state index in [4.69, 9.17) is 16.3 Å². The molecule has 0 atom stereocenters. The molecule has 142 valence electrons. The van der Waals surface area contributed by atoms with Crippen molar-refractivity contribution in [3.63, 3.8) is 0 Å². The first kappa shape index (κ1) is 21.1. The summed E-state index contributed by atoms with van der Waals surface area (Å²) in [5, 5.41) is 4.40. The molecular formula is C22H29Cl2NO. The van der Waals surface area contributed by atoms with Gasteiger partial charge in [0.25, 0.3) is 0 Å². The quantitative estimate of drug-likeness (QED) is 0.600. The van der Waals surface area contributed by atoms with E-state index < -0.39 is 0 Å². The number of ether oxygens (including phenoxy) is 1. The highest BCUT2D eigenvalue weighted by atomic mass is 35.5. The monoisotopic (exact) mass is 393 g/mol. The summed E-state index contributed by atoms with van der Waals surface area (Å²) in [4.78, 5) is 0. The van der Waals surface area contributed by atoms with Gasteiger partial charge in [-0.15, -0.1) is 12.4 Å². The molecule has 1 aliphatic rings. The Labute approximate surface area is 168 Å². The fourth-order valence-corrected chi connectivity index (χ4v) is 3.69. The van der Waals surface area contributed by atoms with Crippen LogP contribution in [0.25, 0.3) is 0 Å². The van der Waals surface area contributed by atoms with Gasteiger partial charge in [-0.05, 0) is 36.1 Å². The van der Waals surface area contributed by atoms with E-state index in [0.717, 1.165) is 17.9 Å². The molecule has 0 spiro atoms. The summed E-state index contributed by atoms with van der Waals surface area (Å²) < 4.78 is 5.85. The van der Waals surface area contributed by atoms with E-state index in [0.29, 0.717) is 17.7 Å². The van der Waals surface area contributed by atoms with Crippen LogP contribution in [0.15, 0.2) is 48.5 Å². The number of rotatable bonds is 6. The molecular weight excluding hydrogens is 365 g/mol. The van der Waals surface area contributed by atoms with Crippen molar-refractivity contribution in [1.82, 2.24) is 5.32 Å². The van der Waals surface area contributed by atoms with Crippen molar-refractivity contribution in [3.05, 3.63) is 64.7 Å². The van der Waals surface area contributed by atoms with Crippen molar-refractivity contribution in [2.75, 3.05) is 0 Å². The highest BCUT2D eigenvalue weighted by Gasteiger charge is 2.11. The molecule has 0 amide bonds. The van der Waals surface area contributed by atoms with Gasteiger partial charge in [0.1, 0.15) is 12.4 Å². The standard InChI is InChI=1S/C22H28ClNO.ClH/c23-21-15-19(16-24-20-11-7-2-1-3-8-12-20)13-14-22(21)25-17-18-9-5-4-6-10-18;/h4-6,9-10,13-15,20,24H,1-3,7-8,11-12,16-17H2;1H. The lowest BCUT2D eigenvalue weighted by molar-refractivity contribution is 0.306. The molecule has 1 aliphatic carbocycles. The Morgan fingerprint density at radius 1 is 0.885 bits per heavy atom. The first-order valence-electron chi connectivity index (χ1n) is 9.50. The Morgan fingerprint density at radius 3 is 2.27 bits per heavy atom.